The Bertz CT molecular complexity index is 1610. The van der Waals surface area contributed by atoms with Gasteiger partial charge in [0.25, 0.3) is 0 Å². The highest BCUT2D eigenvalue weighted by Gasteiger charge is 2.14. The topological polar surface area (TPSA) is 108 Å². The average Bonchev–Trinajstić information content (AvgIpc) is 3.10. The maximum atomic E-state index is 11.6. The van der Waals surface area contributed by atoms with Crippen molar-refractivity contribution >= 4 is 11.8 Å². The van der Waals surface area contributed by atoms with Crippen molar-refractivity contribution in [1.82, 2.24) is 5.32 Å². The second kappa shape index (κ2) is 18.8. The van der Waals surface area contributed by atoms with Crippen LogP contribution in [-0.4, -0.2) is 65.0 Å². The van der Waals surface area contributed by atoms with E-state index in [9.17, 15) is 9.90 Å². The summed E-state index contributed by atoms with van der Waals surface area (Å²) in [5.74, 6) is 3.37. The lowest BCUT2D eigenvalue weighted by Crippen LogP contribution is -2.29. The van der Waals surface area contributed by atoms with Crippen molar-refractivity contribution in [3.05, 3.63) is 113 Å². The molecule has 0 bridgehead atoms. The number of rotatable bonds is 13. The first-order valence-corrected chi connectivity index (χ1v) is 15.8. The minimum atomic E-state index is -0.396. The maximum Gasteiger partial charge on any atom is 0.407 e. The molecule has 1 amide bonds. The second-order valence-corrected chi connectivity index (χ2v) is 12.0. The molecule has 0 atom stereocenters. The lowest BCUT2D eigenvalue weighted by atomic mass is 9.99. The van der Waals surface area contributed by atoms with Gasteiger partial charge in [-0.25, -0.2) is 4.79 Å². The van der Waals surface area contributed by atoms with Crippen LogP contribution in [-0.2, 0) is 17.6 Å². The Morgan fingerprint density at radius 1 is 0.729 bits per heavy atom. The fraction of sp³-hybridized carbons (Fsp3) is 0.333. The number of hydrogen-bond acceptors (Lipinski definition) is 8. The number of phenols is 1. The molecule has 0 aliphatic carbocycles. The first kappa shape index (κ1) is 37.3. The zero-order chi connectivity index (χ0) is 34.9. The number of ether oxygens (including phenoxy) is 5. The van der Waals surface area contributed by atoms with Gasteiger partial charge in [-0.1, -0.05) is 63.2 Å². The average molecular weight is 657 g/mol. The molecule has 48 heavy (non-hydrogen) atoms. The Balaban J connectivity index is 0.000000270. The van der Waals surface area contributed by atoms with Crippen LogP contribution in [0.2, 0.25) is 0 Å². The molecular weight excluding hydrogens is 608 g/mol. The van der Waals surface area contributed by atoms with E-state index in [1.165, 1.54) is 0 Å². The summed E-state index contributed by atoms with van der Waals surface area (Å²) in [6.07, 6.45) is 0.946. The van der Waals surface area contributed by atoms with Gasteiger partial charge in [0.1, 0.15) is 28.7 Å². The molecule has 0 aliphatic rings. The predicted octanol–water partition coefficient (Wildman–Crippen LogP) is 7.51. The number of carbonyl (C=O) groups excluding carboxylic acids is 1. The number of aromatic hydroxyl groups is 1. The fourth-order valence-electron chi connectivity index (χ4n) is 4.68. The Hall–Kier alpha value is -5.18. The molecule has 0 saturated carbocycles. The van der Waals surface area contributed by atoms with Gasteiger partial charge < -0.3 is 34.1 Å². The van der Waals surface area contributed by atoms with E-state index in [1.807, 2.05) is 106 Å². The van der Waals surface area contributed by atoms with Crippen molar-refractivity contribution in [2.45, 2.75) is 33.6 Å². The summed E-state index contributed by atoms with van der Waals surface area (Å²) in [6, 6.07) is 28.5. The third-order valence-electron chi connectivity index (χ3n) is 7.13. The normalized spacial score (nSPS) is 11.1. The minimum Gasteiger partial charge on any atom is -0.507 e. The van der Waals surface area contributed by atoms with Gasteiger partial charge in [0.05, 0.1) is 40.8 Å². The summed E-state index contributed by atoms with van der Waals surface area (Å²) in [7, 11) is 6.55. The number of phenolic OH excluding ortho intramolecular Hbond substituents is 1. The summed E-state index contributed by atoms with van der Waals surface area (Å²) in [6.45, 7) is 7.47. The van der Waals surface area contributed by atoms with Gasteiger partial charge in [0.2, 0.25) is 0 Å². The summed E-state index contributed by atoms with van der Waals surface area (Å²) in [5.41, 5.74) is 4.44. The van der Waals surface area contributed by atoms with Crippen molar-refractivity contribution in [3.8, 4) is 28.7 Å². The molecule has 2 N–H and O–H groups in total. The first-order valence-electron chi connectivity index (χ1n) is 15.8. The van der Waals surface area contributed by atoms with Crippen molar-refractivity contribution in [2.75, 3.05) is 48.1 Å². The van der Waals surface area contributed by atoms with Crippen LogP contribution in [0.15, 0.2) is 96.0 Å². The number of aliphatic imine (C=N–C) groups is 1. The van der Waals surface area contributed by atoms with Gasteiger partial charge in [0.15, 0.2) is 0 Å². The minimum absolute atomic E-state index is 0.0344. The molecule has 9 heteroatoms. The van der Waals surface area contributed by atoms with Gasteiger partial charge in [-0.2, -0.15) is 0 Å². The molecule has 0 saturated heterocycles. The summed E-state index contributed by atoms with van der Waals surface area (Å²) >= 11 is 0. The van der Waals surface area contributed by atoms with Gasteiger partial charge in [-0.3, -0.25) is 4.99 Å². The summed E-state index contributed by atoms with van der Waals surface area (Å²) < 4.78 is 26.4. The van der Waals surface area contributed by atoms with E-state index in [0.717, 1.165) is 51.0 Å². The van der Waals surface area contributed by atoms with Crippen LogP contribution < -0.4 is 24.3 Å². The van der Waals surface area contributed by atoms with Crippen LogP contribution in [0.25, 0.3) is 0 Å². The number of nitrogens with zero attached hydrogens (tertiary/aromatic N) is 1. The number of para-hydroxylation sites is 1. The number of methoxy groups -OCH3 is 4. The van der Waals surface area contributed by atoms with Crippen LogP contribution in [0.1, 0.15) is 43.0 Å². The molecule has 0 unspecified atom stereocenters. The lowest BCUT2D eigenvalue weighted by Gasteiger charge is -2.18. The third-order valence-corrected chi connectivity index (χ3v) is 7.13. The molecule has 4 aromatic carbocycles. The molecule has 0 spiro atoms. The SMILES string of the molecule is COc1ccc(OC)c(CCN=C(c2ccccc2)c2ccccc2O)c1.COc1ccc(OC)c(CCNC(=O)OCC(C)(C)C)c1. The van der Waals surface area contributed by atoms with Gasteiger partial charge >= 0.3 is 6.09 Å². The molecule has 4 aromatic rings. The van der Waals surface area contributed by atoms with Crippen molar-refractivity contribution in [3.63, 3.8) is 0 Å². The van der Waals surface area contributed by atoms with Gasteiger partial charge in [-0.15, -0.1) is 0 Å². The molecule has 0 heterocycles. The van der Waals surface area contributed by atoms with Crippen molar-refractivity contribution in [2.24, 2.45) is 10.4 Å². The van der Waals surface area contributed by atoms with Crippen LogP contribution in [0.3, 0.4) is 0 Å². The number of amides is 1. The monoisotopic (exact) mass is 656 g/mol. The van der Waals surface area contributed by atoms with E-state index in [2.05, 4.69) is 5.32 Å². The van der Waals surface area contributed by atoms with Crippen molar-refractivity contribution in [1.29, 1.82) is 0 Å². The smallest absolute Gasteiger partial charge is 0.407 e. The number of nitrogens with one attached hydrogen (secondary N) is 1. The number of benzene rings is 4. The molecular formula is C39H48N2O7. The largest absolute Gasteiger partial charge is 0.507 e. The van der Waals surface area contributed by atoms with Crippen LogP contribution in [0, 0.1) is 5.41 Å². The van der Waals surface area contributed by atoms with E-state index in [1.54, 1.807) is 34.5 Å². The van der Waals surface area contributed by atoms with E-state index in [-0.39, 0.29) is 11.2 Å². The maximum absolute atomic E-state index is 11.6. The lowest BCUT2D eigenvalue weighted by molar-refractivity contribution is 0.106. The molecule has 0 fully saturated rings. The molecule has 0 aromatic heterocycles. The number of hydrogen-bond donors (Lipinski definition) is 2. The second-order valence-electron chi connectivity index (χ2n) is 12.0. The molecule has 9 nitrogen and oxygen atoms in total. The Labute approximate surface area is 284 Å². The van der Waals surface area contributed by atoms with E-state index < -0.39 is 6.09 Å². The zero-order valence-corrected chi connectivity index (χ0v) is 29.0. The van der Waals surface area contributed by atoms with Crippen molar-refractivity contribution < 1.29 is 33.6 Å². The van der Waals surface area contributed by atoms with E-state index in [0.29, 0.717) is 32.5 Å². The Morgan fingerprint density at radius 2 is 1.29 bits per heavy atom. The highest BCUT2D eigenvalue weighted by atomic mass is 16.5. The Morgan fingerprint density at radius 3 is 1.83 bits per heavy atom. The summed E-state index contributed by atoms with van der Waals surface area (Å²) in [5, 5.41) is 13.0. The number of alkyl carbamates (subject to hydrolysis) is 1. The van der Waals surface area contributed by atoms with E-state index in [4.69, 9.17) is 28.7 Å². The fourth-order valence-corrected chi connectivity index (χ4v) is 4.68. The van der Waals surface area contributed by atoms with Gasteiger partial charge in [0, 0.05) is 24.2 Å². The predicted molar refractivity (Wildman–Crippen MR) is 190 cm³/mol. The summed E-state index contributed by atoms with van der Waals surface area (Å²) in [4.78, 5) is 16.4. The molecule has 4 rings (SSSR count). The molecule has 0 aliphatic heterocycles. The number of carbonyl (C=O) groups is 1. The molecule has 256 valence electrons. The standard InChI is InChI=1S/C23H23NO3.C16H25NO4/c1-26-19-12-13-22(27-2)18(16-19)14-15-24-23(17-8-4-3-5-9-17)20-10-6-7-11-21(20)25;1-16(2,3)11-21-15(18)17-9-8-12-10-13(19-4)6-7-14(12)20-5/h3-13,16,25H,14-15H2,1-2H3;6-7,10H,8-9,11H2,1-5H3,(H,17,18). The highest BCUT2D eigenvalue weighted by molar-refractivity contribution is 6.14. The zero-order valence-electron chi connectivity index (χ0n) is 29.0. The van der Waals surface area contributed by atoms with Crippen LogP contribution in [0.4, 0.5) is 4.79 Å². The van der Waals surface area contributed by atoms with Crippen LogP contribution in [0.5, 0.6) is 28.7 Å². The van der Waals surface area contributed by atoms with Gasteiger partial charge in [-0.05, 0) is 77.9 Å². The van der Waals surface area contributed by atoms with Crippen LogP contribution >= 0.6 is 0 Å². The Kier molecular flexibility index (Phi) is 14.6. The first-order chi connectivity index (χ1) is 23.1. The highest BCUT2D eigenvalue weighted by Crippen LogP contribution is 2.26. The third kappa shape index (κ3) is 11.9. The quantitative estimate of drug-likeness (QED) is 0.144. The molecule has 0 radical (unpaired) electrons. The van der Waals surface area contributed by atoms with E-state index >= 15 is 0 Å².